The zero-order chi connectivity index (χ0) is 18.5. The molecule has 3 rings (SSSR count). The third-order valence-electron chi connectivity index (χ3n) is 4.57. The summed E-state index contributed by atoms with van der Waals surface area (Å²) in [6.45, 7) is 0.0198. The fraction of sp³-hybridized carbons (Fsp3) is 0.444. The third-order valence-corrected chi connectivity index (χ3v) is 4.57. The number of nitrogens with two attached hydrogens (primary N) is 1. The van der Waals surface area contributed by atoms with Gasteiger partial charge in [0.05, 0.1) is 25.5 Å². The summed E-state index contributed by atoms with van der Waals surface area (Å²) in [6, 6.07) is 5.25. The van der Waals surface area contributed by atoms with Gasteiger partial charge in [0.25, 0.3) is 0 Å². The number of carbonyl (C=O) groups excluding carboxylic acids is 1. The lowest BCUT2D eigenvalue weighted by Crippen LogP contribution is -2.24. The average molecular weight is 359 g/mol. The smallest absolute Gasteiger partial charge is 0.411 e. The number of hydrogen-bond acceptors (Lipinski definition) is 6. The Morgan fingerprint density at radius 2 is 2.23 bits per heavy atom. The number of rotatable bonds is 2. The van der Waals surface area contributed by atoms with Gasteiger partial charge in [0.2, 0.25) is 0 Å². The van der Waals surface area contributed by atoms with Crippen LogP contribution in [0.5, 0.6) is 0 Å². The quantitative estimate of drug-likeness (QED) is 0.561. The number of aliphatic hydroxyl groups excluding tert-OH is 1. The van der Waals surface area contributed by atoms with E-state index in [1.807, 2.05) is 18.3 Å². The fourth-order valence-corrected chi connectivity index (χ4v) is 3.12. The van der Waals surface area contributed by atoms with Crippen LogP contribution in [-0.4, -0.2) is 40.9 Å². The number of aromatic amines is 1. The number of fused-ring (bicyclic) bond motifs is 4. The molecule has 0 radical (unpaired) electrons. The van der Waals surface area contributed by atoms with Crippen molar-refractivity contribution in [2.75, 3.05) is 24.4 Å². The number of nitrogens with one attached hydrogen (secondary N) is 3. The van der Waals surface area contributed by atoms with Gasteiger partial charge in [0.15, 0.2) is 0 Å². The van der Waals surface area contributed by atoms with Crippen molar-refractivity contribution in [3.05, 3.63) is 30.2 Å². The van der Waals surface area contributed by atoms with Crippen LogP contribution in [0.15, 0.2) is 24.4 Å². The summed E-state index contributed by atoms with van der Waals surface area (Å²) in [5.74, 6) is 0.766. The number of nitrogens with zero attached hydrogens (tertiary/aromatic N) is 1. The third kappa shape index (κ3) is 4.14. The number of ether oxygens (including phenoxy) is 1. The van der Waals surface area contributed by atoms with E-state index in [0.717, 1.165) is 48.5 Å². The number of H-pyrrole nitrogens is 1. The number of imidazole rings is 1. The van der Waals surface area contributed by atoms with Gasteiger partial charge in [-0.3, -0.25) is 5.32 Å². The van der Waals surface area contributed by atoms with Crippen molar-refractivity contribution in [3.63, 3.8) is 0 Å². The zero-order valence-electron chi connectivity index (χ0n) is 14.8. The van der Waals surface area contributed by atoms with Gasteiger partial charge in [-0.25, -0.2) is 9.78 Å². The fourth-order valence-electron chi connectivity index (χ4n) is 3.12. The molecule has 2 aromatic rings. The molecule has 26 heavy (non-hydrogen) atoms. The van der Waals surface area contributed by atoms with E-state index in [2.05, 4.69) is 25.3 Å². The maximum atomic E-state index is 11.5. The van der Waals surface area contributed by atoms with E-state index in [9.17, 15) is 9.90 Å². The van der Waals surface area contributed by atoms with Crippen molar-refractivity contribution in [1.82, 2.24) is 9.97 Å². The number of benzene rings is 1. The van der Waals surface area contributed by atoms with Crippen LogP contribution in [0.2, 0.25) is 0 Å². The van der Waals surface area contributed by atoms with Gasteiger partial charge in [-0.2, -0.15) is 0 Å². The minimum absolute atomic E-state index is 0.0198. The summed E-state index contributed by atoms with van der Waals surface area (Å²) in [4.78, 5) is 19.3. The Bertz CT molecular complexity index is 761. The number of aromatic nitrogens is 2. The first-order valence-corrected chi connectivity index (χ1v) is 8.78. The van der Waals surface area contributed by atoms with Crippen LogP contribution in [0, 0.1) is 0 Å². The van der Waals surface area contributed by atoms with Gasteiger partial charge in [-0.15, -0.1) is 0 Å². The van der Waals surface area contributed by atoms with Crippen molar-refractivity contribution < 1.29 is 14.6 Å². The Labute approximate surface area is 152 Å². The summed E-state index contributed by atoms with van der Waals surface area (Å²) in [5.41, 5.74) is 9.24. The Balaban J connectivity index is 2.00. The first-order chi connectivity index (χ1) is 12.6. The summed E-state index contributed by atoms with van der Waals surface area (Å²) >= 11 is 0. The van der Waals surface area contributed by atoms with E-state index >= 15 is 0 Å². The number of amides is 1. The molecular formula is C18H25N5O3. The van der Waals surface area contributed by atoms with Gasteiger partial charge in [-0.1, -0.05) is 12.8 Å². The molecule has 2 heterocycles. The minimum atomic E-state index is -0.537. The molecule has 0 aliphatic carbocycles. The highest BCUT2D eigenvalue weighted by Crippen LogP contribution is 2.32. The maximum absolute atomic E-state index is 11.5. The second kappa shape index (κ2) is 8.20. The van der Waals surface area contributed by atoms with Crippen molar-refractivity contribution in [3.8, 4) is 11.3 Å². The van der Waals surface area contributed by atoms with Crippen LogP contribution in [0.25, 0.3) is 11.3 Å². The van der Waals surface area contributed by atoms with Crippen LogP contribution >= 0.6 is 0 Å². The first kappa shape index (κ1) is 18.2. The molecule has 6 N–H and O–H groups in total. The Hall–Kier alpha value is -2.58. The number of hydrogen-bond donors (Lipinski definition) is 5. The van der Waals surface area contributed by atoms with Gasteiger partial charge < -0.3 is 25.9 Å². The molecule has 0 saturated heterocycles. The lowest BCUT2D eigenvalue weighted by Gasteiger charge is -2.21. The van der Waals surface area contributed by atoms with E-state index < -0.39 is 6.09 Å². The van der Waals surface area contributed by atoms with Crippen LogP contribution < -0.4 is 16.4 Å². The summed E-state index contributed by atoms with van der Waals surface area (Å²) in [5, 5.41) is 15.8. The molecule has 2 bridgehead atoms. The van der Waals surface area contributed by atoms with E-state index in [1.54, 1.807) is 6.07 Å². The second-order valence-corrected chi connectivity index (χ2v) is 6.46. The molecule has 1 aromatic carbocycles. The van der Waals surface area contributed by atoms with Crippen LogP contribution in [0.1, 0.15) is 37.5 Å². The molecular weight excluding hydrogens is 334 g/mol. The topological polar surface area (TPSA) is 125 Å². The SMILES string of the molecule is COC(=O)Nc1ccc2c(c1)N[C@H](CO)CCCC[C@H](N)c1nc-2c[nH]1. The van der Waals surface area contributed by atoms with Gasteiger partial charge in [0.1, 0.15) is 5.82 Å². The summed E-state index contributed by atoms with van der Waals surface area (Å²) in [7, 11) is 1.32. The predicted molar refractivity (Wildman–Crippen MR) is 99.9 cm³/mol. The molecule has 0 fully saturated rings. The zero-order valence-corrected chi connectivity index (χ0v) is 14.8. The van der Waals surface area contributed by atoms with Crippen molar-refractivity contribution in [2.24, 2.45) is 5.73 Å². The van der Waals surface area contributed by atoms with Crippen molar-refractivity contribution >= 4 is 17.5 Å². The predicted octanol–water partition coefficient (Wildman–Crippen LogP) is 2.60. The molecule has 2 atom stereocenters. The highest BCUT2D eigenvalue weighted by Gasteiger charge is 2.18. The monoisotopic (exact) mass is 359 g/mol. The van der Waals surface area contributed by atoms with Gasteiger partial charge >= 0.3 is 6.09 Å². The number of aliphatic hydroxyl groups is 1. The minimum Gasteiger partial charge on any atom is -0.453 e. The molecule has 1 aliphatic rings. The van der Waals surface area contributed by atoms with E-state index in [1.165, 1.54) is 7.11 Å². The summed E-state index contributed by atoms with van der Waals surface area (Å²) in [6.07, 6.45) is 4.89. The standard InChI is InChI=1S/C18H25N5O3/c1-26-18(25)22-11-6-7-13-15(8-11)21-12(10-24)4-2-3-5-14(19)17-20-9-16(13)23-17/h6-9,12,14,21,24H,2-5,10,19H2,1H3,(H,20,23)(H,22,25)/t12-,14-/m0/s1. The molecule has 1 aromatic heterocycles. The van der Waals surface area contributed by atoms with Crippen LogP contribution in [0.3, 0.4) is 0 Å². The average Bonchev–Trinajstić information content (AvgIpc) is 3.13. The molecule has 8 heteroatoms. The van der Waals surface area contributed by atoms with Crippen molar-refractivity contribution in [2.45, 2.75) is 37.8 Å². The maximum Gasteiger partial charge on any atom is 0.411 e. The second-order valence-electron chi connectivity index (χ2n) is 6.46. The van der Waals surface area contributed by atoms with Crippen LogP contribution in [-0.2, 0) is 4.74 Å². The van der Waals surface area contributed by atoms with Crippen LogP contribution in [0.4, 0.5) is 16.2 Å². The van der Waals surface area contributed by atoms with E-state index in [-0.39, 0.29) is 18.7 Å². The molecule has 1 amide bonds. The number of carbonyl (C=O) groups is 1. The molecule has 0 unspecified atom stereocenters. The molecule has 140 valence electrons. The number of anilines is 2. The van der Waals surface area contributed by atoms with Gasteiger partial charge in [-0.05, 0) is 31.0 Å². The summed E-state index contributed by atoms with van der Waals surface area (Å²) < 4.78 is 4.65. The molecule has 1 aliphatic heterocycles. The largest absolute Gasteiger partial charge is 0.453 e. The Morgan fingerprint density at radius 1 is 1.42 bits per heavy atom. The lowest BCUT2D eigenvalue weighted by molar-refractivity contribution is 0.187. The lowest BCUT2D eigenvalue weighted by atomic mass is 10.0. The Morgan fingerprint density at radius 3 is 3.00 bits per heavy atom. The molecule has 0 saturated carbocycles. The molecule has 8 nitrogen and oxygen atoms in total. The molecule has 0 spiro atoms. The Kier molecular flexibility index (Phi) is 5.75. The highest BCUT2D eigenvalue weighted by atomic mass is 16.5. The normalized spacial score (nSPS) is 20.1. The first-order valence-electron chi connectivity index (χ1n) is 8.78. The van der Waals surface area contributed by atoms with E-state index in [4.69, 9.17) is 5.73 Å². The van der Waals surface area contributed by atoms with Crippen molar-refractivity contribution in [1.29, 1.82) is 0 Å². The number of methoxy groups -OCH3 is 1. The van der Waals surface area contributed by atoms with Gasteiger partial charge in [0, 0.05) is 29.2 Å². The van der Waals surface area contributed by atoms with E-state index in [0.29, 0.717) is 5.69 Å². The highest BCUT2D eigenvalue weighted by molar-refractivity contribution is 5.88.